The van der Waals surface area contributed by atoms with Gasteiger partial charge in [-0.3, -0.25) is 9.59 Å². The van der Waals surface area contributed by atoms with Gasteiger partial charge in [-0.15, -0.1) is 11.8 Å². The predicted molar refractivity (Wildman–Crippen MR) is 119 cm³/mol. The van der Waals surface area contributed by atoms with E-state index in [-0.39, 0.29) is 23.4 Å². The van der Waals surface area contributed by atoms with Crippen molar-refractivity contribution in [2.45, 2.75) is 38.6 Å². The van der Waals surface area contributed by atoms with Crippen LogP contribution in [-0.2, 0) is 21.9 Å². The minimum Gasteiger partial charge on any atom is -0.497 e. The topological polar surface area (TPSA) is 58.6 Å². The highest BCUT2D eigenvalue weighted by molar-refractivity contribution is 7.99. The number of hydrogen-bond donors (Lipinski definition) is 1. The summed E-state index contributed by atoms with van der Waals surface area (Å²) in [6.45, 7) is 4.59. The number of rotatable bonds is 11. The third kappa shape index (κ3) is 7.06. The van der Waals surface area contributed by atoms with E-state index in [1.54, 1.807) is 24.1 Å². The molecule has 2 rings (SSSR count). The number of thioether (sulfide) groups is 1. The van der Waals surface area contributed by atoms with Crippen LogP contribution >= 0.6 is 11.8 Å². The molecule has 5 nitrogen and oxygen atoms in total. The molecule has 0 saturated heterocycles. The van der Waals surface area contributed by atoms with Gasteiger partial charge < -0.3 is 15.0 Å². The minimum absolute atomic E-state index is 0.108. The molecule has 0 saturated carbocycles. The highest BCUT2D eigenvalue weighted by atomic mass is 32.2. The van der Waals surface area contributed by atoms with Gasteiger partial charge in [0.1, 0.15) is 17.6 Å². The molecule has 1 atom stereocenters. The number of hydrogen-bond acceptors (Lipinski definition) is 4. The zero-order valence-electron chi connectivity index (χ0n) is 17.7. The van der Waals surface area contributed by atoms with E-state index in [0.29, 0.717) is 31.0 Å². The Morgan fingerprint density at radius 1 is 1.13 bits per heavy atom. The van der Waals surface area contributed by atoms with Crippen molar-refractivity contribution in [1.82, 2.24) is 10.2 Å². The van der Waals surface area contributed by atoms with Crippen LogP contribution in [0, 0.1) is 5.82 Å². The third-order valence-corrected chi connectivity index (χ3v) is 5.62. The molecular weight excluding hydrogens is 403 g/mol. The van der Waals surface area contributed by atoms with Gasteiger partial charge in [0.15, 0.2) is 0 Å². The lowest BCUT2D eigenvalue weighted by atomic mass is 10.1. The fourth-order valence-corrected chi connectivity index (χ4v) is 3.97. The molecule has 30 heavy (non-hydrogen) atoms. The molecule has 0 aliphatic carbocycles. The molecule has 2 aromatic rings. The fraction of sp³-hybridized carbons (Fsp3) is 0.391. The molecule has 1 unspecified atom stereocenters. The summed E-state index contributed by atoms with van der Waals surface area (Å²) < 4.78 is 18.3. The van der Waals surface area contributed by atoms with Gasteiger partial charge in [-0.05, 0) is 48.7 Å². The van der Waals surface area contributed by atoms with Crippen LogP contribution in [-0.4, -0.2) is 42.2 Å². The molecule has 2 amide bonds. The summed E-state index contributed by atoms with van der Waals surface area (Å²) >= 11 is 1.45. The maximum absolute atomic E-state index is 13.1. The van der Waals surface area contributed by atoms with E-state index >= 15 is 0 Å². The summed E-state index contributed by atoms with van der Waals surface area (Å²) in [7, 11) is 1.59. The van der Waals surface area contributed by atoms with E-state index in [0.717, 1.165) is 11.1 Å². The van der Waals surface area contributed by atoms with Crippen molar-refractivity contribution in [3.63, 3.8) is 0 Å². The smallest absolute Gasteiger partial charge is 0.242 e. The molecule has 7 heteroatoms. The summed E-state index contributed by atoms with van der Waals surface area (Å²) in [5.74, 6) is 0.991. The van der Waals surface area contributed by atoms with Crippen molar-refractivity contribution in [3.05, 3.63) is 65.5 Å². The second kappa shape index (κ2) is 12.2. The zero-order chi connectivity index (χ0) is 21.9. The molecular formula is C23H29FN2O3S. The largest absolute Gasteiger partial charge is 0.497 e. The fourth-order valence-electron chi connectivity index (χ4n) is 3.10. The number of carbonyl (C=O) groups is 2. The summed E-state index contributed by atoms with van der Waals surface area (Å²) in [5.41, 5.74) is 1.85. The number of carbonyl (C=O) groups excluding carboxylic acids is 2. The Hall–Kier alpha value is -2.54. The lowest BCUT2D eigenvalue weighted by Gasteiger charge is -2.30. The molecule has 0 fully saturated rings. The van der Waals surface area contributed by atoms with E-state index in [1.807, 2.05) is 38.1 Å². The van der Waals surface area contributed by atoms with Crippen LogP contribution in [0.4, 0.5) is 4.39 Å². The van der Waals surface area contributed by atoms with E-state index in [9.17, 15) is 14.0 Å². The van der Waals surface area contributed by atoms with Crippen LogP contribution < -0.4 is 10.1 Å². The van der Waals surface area contributed by atoms with Crippen molar-refractivity contribution in [3.8, 4) is 5.75 Å². The predicted octanol–water partition coefficient (Wildman–Crippen LogP) is 4.01. The number of nitrogens with one attached hydrogen (secondary N) is 1. The van der Waals surface area contributed by atoms with Crippen LogP contribution in [0.5, 0.6) is 5.75 Å². The number of amides is 2. The summed E-state index contributed by atoms with van der Waals surface area (Å²) in [6.07, 6.45) is 0.518. The van der Waals surface area contributed by atoms with Crippen LogP contribution in [0.15, 0.2) is 48.5 Å². The van der Waals surface area contributed by atoms with Gasteiger partial charge in [-0.25, -0.2) is 4.39 Å². The number of likely N-dealkylation sites (N-methyl/N-ethyl adjacent to an activating group) is 1. The Labute approximate surface area is 182 Å². The lowest BCUT2D eigenvalue weighted by molar-refractivity contribution is -0.139. The van der Waals surface area contributed by atoms with Crippen molar-refractivity contribution in [2.75, 3.05) is 19.4 Å². The second-order valence-corrected chi connectivity index (χ2v) is 7.80. The SMILES string of the molecule is CCNC(=O)C(CC)N(Cc1cccc(OC)c1)C(=O)CSCc1ccc(F)cc1. The van der Waals surface area contributed by atoms with Crippen LogP contribution in [0.2, 0.25) is 0 Å². The Balaban J connectivity index is 2.12. The molecule has 0 radical (unpaired) electrons. The molecule has 0 aromatic heterocycles. The average molecular weight is 433 g/mol. The quantitative estimate of drug-likeness (QED) is 0.583. The Kier molecular flexibility index (Phi) is 9.67. The molecule has 0 aliphatic heterocycles. The zero-order valence-corrected chi connectivity index (χ0v) is 18.5. The summed E-state index contributed by atoms with van der Waals surface area (Å²) in [6, 6.07) is 13.2. The molecule has 0 aliphatic rings. The van der Waals surface area contributed by atoms with Crippen molar-refractivity contribution >= 4 is 23.6 Å². The average Bonchev–Trinajstić information content (AvgIpc) is 2.75. The first-order valence-corrected chi connectivity index (χ1v) is 11.2. The Morgan fingerprint density at radius 2 is 1.87 bits per heavy atom. The molecule has 0 heterocycles. The number of ether oxygens (including phenoxy) is 1. The highest BCUT2D eigenvalue weighted by Crippen LogP contribution is 2.19. The monoisotopic (exact) mass is 432 g/mol. The van der Waals surface area contributed by atoms with E-state index in [2.05, 4.69) is 5.32 Å². The van der Waals surface area contributed by atoms with Gasteiger partial charge in [0.05, 0.1) is 12.9 Å². The van der Waals surface area contributed by atoms with E-state index < -0.39 is 6.04 Å². The van der Waals surface area contributed by atoms with Gasteiger partial charge in [0.2, 0.25) is 11.8 Å². The van der Waals surface area contributed by atoms with E-state index in [1.165, 1.54) is 23.9 Å². The first kappa shape index (κ1) is 23.7. The van der Waals surface area contributed by atoms with Gasteiger partial charge in [0.25, 0.3) is 0 Å². The number of nitrogens with zero attached hydrogens (tertiary/aromatic N) is 1. The Bertz CT molecular complexity index is 829. The molecule has 162 valence electrons. The van der Waals surface area contributed by atoms with Crippen LogP contribution in [0.1, 0.15) is 31.4 Å². The molecule has 0 bridgehead atoms. The van der Waals surface area contributed by atoms with E-state index in [4.69, 9.17) is 4.74 Å². The van der Waals surface area contributed by atoms with Gasteiger partial charge in [0, 0.05) is 18.8 Å². The molecule has 2 aromatic carbocycles. The van der Waals surface area contributed by atoms with Crippen molar-refractivity contribution < 1.29 is 18.7 Å². The van der Waals surface area contributed by atoms with Crippen LogP contribution in [0.3, 0.4) is 0 Å². The van der Waals surface area contributed by atoms with Crippen molar-refractivity contribution in [1.29, 1.82) is 0 Å². The third-order valence-electron chi connectivity index (χ3n) is 4.63. The molecule has 1 N–H and O–H groups in total. The highest BCUT2D eigenvalue weighted by Gasteiger charge is 2.28. The number of methoxy groups -OCH3 is 1. The maximum Gasteiger partial charge on any atom is 0.242 e. The number of benzene rings is 2. The van der Waals surface area contributed by atoms with Gasteiger partial charge >= 0.3 is 0 Å². The minimum atomic E-state index is -0.546. The van der Waals surface area contributed by atoms with Gasteiger partial charge in [-0.2, -0.15) is 0 Å². The first-order chi connectivity index (χ1) is 14.5. The standard InChI is InChI=1S/C23H29FN2O3S/c1-4-21(23(28)25-5-2)26(14-18-7-6-8-20(13-18)29-3)22(27)16-30-15-17-9-11-19(24)12-10-17/h6-13,21H,4-5,14-16H2,1-3H3,(H,25,28). The first-order valence-electron chi connectivity index (χ1n) is 10.0. The molecule has 0 spiro atoms. The summed E-state index contributed by atoms with van der Waals surface area (Å²) in [5, 5.41) is 2.83. The lowest BCUT2D eigenvalue weighted by Crippen LogP contribution is -2.49. The van der Waals surface area contributed by atoms with Gasteiger partial charge in [-0.1, -0.05) is 31.2 Å². The second-order valence-electron chi connectivity index (χ2n) is 6.81. The maximum atomic E-state index is 13.1. The van der Waals surface area contributed by atoms with Crippen LogP contribution in [0.25, 0.3) is 0 Å². The Morgan fingerprint density at radius 3 is 2.50 bits per heavy atom. The normalized spacial score (nSPS) is 11.6. The number of halogens is 1. The summed E-state index contributed by atoms with van der Waals surface area (Å²) in [4.78, 5) is 27.3. The van der Waals surface area contributed by atoms with Crippen molar-refractivity contribution in [2.24, 2.45) is 0 Å².